The number of ether oxygens (including phenoxy) is 3. The number of nitrogens with zero attached hydrogens (tertiary/aromatic N) is 1. The number of hydrogen-bond acceptors (Lipinski definition) is 8. The van der Waals surface area contributed by atoms with Crippen LogP contribution < -0.4 is 20.7 Å². The third-order valence-electron chi connectivity index (χ3n) is 4.16. The van der Waals surface area contributed by atoms with Crippen LogP contribution in [0.25, 0.3) is 0 Å². The van der Waals surface area contributed by atoms with Gasteiger partial charge in [-0.2, -0.15) is 5.26 Å². The number of rotatable bonds is 16. The fourth-order valence-electron chi connectivity index (χ4n) is 2.56. The van der Waals surface area contributed by atoms with E-state index in [1.807, 2.05) is 33.1 Å². The molecule has 0 saturated heterocycles. The zero-order valence-electron chi connectivity index (χ0n) is 20.9. The van der Waals surface area contributed by atoms with E-state index < -0.39 is 5.44 Å². The number of nitriles is 1. The molecule has 0 aliphatic heterocycles. The van der Waals surface area contributed by atoms with Crippen molar-refractivity contribution in [1.82, 2.24) is 16.0 Å². The molecule has 0 fully saturated rings. The van der Waals surface area contributed by atoms with Gasteiger partial charge < -0.3 is 30.2 Å². The zero-order chi connectivity index (χ0) is 25.9. The number of carbonyl (C=O) groups is 2. The van der Waals surface area contributed by atoms with Gasteiger partial charge in [0.05, 0.1) is 19.8 Å². The van der Waals surface area contributed by atoms with Crippen LogP contribution in [-0.2, 0) is 14.3 Å². The van der Waals surface area contributed by atoms with Crippen LogP contribution in [-0.4, -0.2) is 69.4 Å². The Morgan fingerprint density at radius 1 is 1.11 bits per heavy atom. The van der Waals surface area contributed by atoms with Crippen molar-refractivity contribution in [3.05, 3.63) is 29.8 Å². The molecule has 0 spiro atoms. The van der Waals surface area contributed by atoms with Gasteiger partial charge in [-0.25, -0.2) is 0 Å². The Kier molecular flexibility index (Phi) is 16.0. The smallest absolute Gasteiger partial charge is 0.251 e. The molecule has 1 atom stereocenters. The van der Waals surface area contributed by atoms with Crippen molar-refractivity contribution in [3.63, 3.8) is 0 Å². The Morgan fingerprint density at radius 3 is 2.63 bits per heavy atom. The highest BCUT2D eigenvalue weighted by atomic mass is 32.2. The molecule has 0 aromatic heterocycles. The molecule has 1 rings (SSSR count). The molecule has 0 aliphatic carbocycles. The number of thioether (sulfide) groups is 1. The van der Waals surface area contributed by atoms with Crippen molar-refractivity contribution in [3.8, 4) is 23.0 Å². The van der Waals surface area contributed by atoms with Crippen LogP contribution >= 0.6 is 11.8 Å². The lowest BCUT2D eigenvalue weighted by molar-refractivity contribution is -0.126. The highest BCUT2D eigenvalue weighted by molar-refractivity contribution is 8.04. The van der Waals surface area contributed by atoms with E-state index in [0.717, 1.165) is 11.8 Å². The summed E-state index contributed by atoms with van der Waals surface area (Å²) in [5.74, 6) is 6.14. The van der Waals surface area contributed by atoms with Crippen LogP contribution in [0.2, 0.25) is 0 Å². The van der Waals surface area contributed by atoms with Crippen LogP contribution in [0.4, 0.5) is 0 Å². The molecule has 0 radical (unpaired) electrons. The molecular formula is C25H36N4O5S. The fraction of sp³-hybridized carbons (Fsp3) is 0.560. The lowest BCUT2D eigenvalue weighted by Gasteiger charge is -2.16. The molecule has 0 saturated carbocycles. The fourth-order valence-corrected chi connectivity index (χ4v) is 2.98. The summed E-state index contributed by atoms with van der Waals surface area (Å²) in [5, 5.41) is 19.8. The van der Waals surface area contributed by atoms with Crippen LogP contribution in [0.5, 0.6) is 5.75 Å². The van der Waals surface area contributed by atoms with Crippen LogP contribution in [0.3, 0.4) is 0 Å². The molecule has 35 heavy (non-hydrogen) atoms. The largest absolute Gasteiger partial charge is 0.490 e. The van der Waals surface area contributed by atoms with Crippen molar-refractivity contribution in [2.75, 3.05) is 46.1 Å². The minimum atomic E-state index is -0.552. The average molecular weight is 505 g/mol. The van der Waals surface area contributed by atoms with E-state index in [-0.39, 0.29) is 50.7 Å². The van der Waals surface area contributed by atoms with Crippen molar-refractivity contribution < 1.29 is 23.8 Å². The van der Waals surface area contributed by atoms with E-state index in [2.05, 4.69) is 27.8 Å². The average Bonchev–Trinajstić information content (AvgIpc) is 2.82. The summed E-state index contributed by atoms with van der Waals surface area (Å²) >= 11 is 0.924. The summed E-state index contributed by atoms with van der Waals surface area (Å²) in [4.78, 5) is 24.0. The summed E-state index contributed by atoms with van der Waals surface area (Å²) in [6.07, 6.45) is 0. The number of carbonyl (C=O) groups excluding carboxylic acids is 2. The molecule has 10 heteroatoms. The first kappa shape index (κ1) is 30.3. The minimum Gasteiger partial charge on any atom is -0.490 e. The third kappa shape index (κ3) is 15.7. The summed E-state index contributed by atoms with van der Waals surface area (Å²) in [6, 6.07) is 7.18. The second-order valence-corrected chi connectivity index (χ2v) is 8.96. The lowest BCUT2D eigenvalue weighted by atomic mass is 10.2. The van der Waals surface area contributed by atoms with E-state index in [1.54, 1.807) is 24.3 Å². The Bertz CT molecular complexity index is 877. The van der Waals surface area contributed by atoms with E-state index in [9.17, 15) is 9.59 Å². The number of amides is 2. The number of hydrogen-bond donors (Lipinski definition) is 3. The number of thiocyanates is 1. The van der Waals surface area contributed by atoms with Gasteiger partial charge in [-0.3, -0.25) is 9.59 Å². The lowest BCUT2D eigenvalue weighted by Crippen LogP contribution is -2.34. The topological polar surface area (TPSA) is 122 Å². The SMILES string of the molecule is CC(C)C#CCNC(=O)COCCO[C@@H](COc1cccc(C(=O)NCCNC(C)C)c1)SC#N. The molecule has 0 heterocycles. The normalized spacial score (nSPS) is 11.3. The van der Waals surface area contributed by atoms with Gasteiger partial charge in [0.25, 0.3) is 5.91 Å². The second-order valence-electron chi connectivity index (χ2n) is 8.02. The number of nitrogens with one attached hydrogen (secondary N) is 3. The predicted octanol–water partition coefficient (Wildman–Crippen LogP) is 2.14. The van der Waals surface area contributed by atoms with E-state index >= 15 is 0 Å². The summed E-state index contributed by atoms with van der Waals surface area (Å²) in [5.41, 5.74) is -0.0670. The van der Waals surface area contributed by atoms with Crippen molar-refractivity contribution >= 4 is 23.6 Å². The quantitative estimate of drug-likeness (QED) is 0.136. The first-order chi connectivity index (χ1) is 16.8. The Balaban J connectivity index is 2.34. The maximum absolute atomic E-state index is 12.3. The molecule has 3 N–H and O–H groups in total. The second kappa shape index (κ2) is 18.6. The van der Waals surface area contributed by atoms with Crippen molar-refractivity contribution in [1.29, 1.82) is 5.26 Å². The molecule has 192 valence electrons. The monoisotopic (exact) mass is 504 g/mol. The van der Waals surface area contributed by atoms with Gasteiger partial charge in [0.15, 0.2) is 5.44 Å². The van der Waals surface area contributed by atoms with Gasteiger partial charge >= 0.3 is 0 Å². The summed E-state index contributed by atoms with van der Waals surface area (Å²) < 4.78 is 16.6. The number of benzene rings is 1. The van der Waals surface area contributed by atoms with Gasteiger partial charge in [0.1, 0.15) is 24.4 Å². The predicted molar refractivity (Wildman–Crippen MR) is 137 cm³/mol. The molecule has 0 unspecified atom stereocenters. The third-order valence-corrected chi connectivity index (χ3v) is 4.80. The molecule has 9 nitrogen and oxygen atoms in total. The first-order valence-electron chi connectivity index (χ1n) is 11.6. The van der Waals surface area contributed by atoms with E-state index in [1.165, 1.54) is 0 Å². The Labute approximate surface area is 212 Å². The Morgan fingerprint density at radius 2 is 1.91 bits per heavy atom. The Hall–Kier alpha value is -2.76. The van der Waals surface area contributed by atoms with E-state index in [0.29, 0.717) is 30.4 Å². The molecule has 2 amide bonds. The van der Waals surface area contributed by atoms with Crippen molar-refractivity contribution in [2.24, 2.45) is 5.92 Å². The molecular weight excluding hydrogens is 468 g/mol. The van der Waals surface area contributed by atoms with Crippen molar-refractivity contribution in [2.45, 2.75) is 39.2 Å². The van der Waals surface area contributed by atoms with Crippen LogP contribution in [0, 0.1) is 28.4 Å². The standard InChI is InChI=1S/C25H36N4O5S/c1-19(2)7-6-10-28-23(30)16-32-13-14-33-24(35-18-26)17-34-22-9-5-8-21(15-22)25(31)29-12-11-27-20(3)4/h5,8-9,15,19-20,24,27H,10-14,16-17H2,1-4H3,(H,28,30)(H,29,31)/t24-/m1/s1. The van der Waals surface area contributed by atoms with Gasteiger partial charge in [0.2, 0.25) is 5.91 Å². The minimum absolute atomic E-state index is 0.0956. The zero-order valence-corrected chi connectivity index (χ0v) is 21.7. The maximum Gasteiger partial charge on any atom is 0.251 e. The highest BCUT2D eigenvalue weighted by Gasteiger charge is 2.13. The van der Waals surface area contributed by atoms with Gasteiger partial charge in [0, 0.05) is 30.6 Å². The molecule has 0 aliphatic rings. The van der Waals surface area contributed by atoms with Crippen LogP contribution in [0.15, 0.2) is 24.3 Å². The highest BCUT2D eigenvalue weighted by Crippen LogP contribution is 2.17. The molecule has 1 aromatic rings. The van der Waals surface area contributed by atoms with Crippen LogP contribution in [0.1, 0.15) is 38.1 Å². The van der Waals surface area contributed by atoms with Gasteiger partial charge in [-0.05, 0) is 30.0 Å². The summed E-state index contributed by atoms with van der Waals surface area (Å²) in [6.45, 7) is 9.93. The summed E-state index contributed by atoms with van der Waals surface area (Å²) in [7, 11) is 0. The van der Waals surface area contributed by atoms with Gasteiger partial charge in [-0.15, -0.1) is 0 Å². The molecule has 0 bridgehead atoms. The van der Waals surface area contributed by atoms with E-state index in [4.69, 9.17) is 19.5 Å². The first-order valence-corrected chi connectivity index (χ1v) is 12.4. The van der Waals surface area contributed by atoms with Gasteiger partial charge in [-0.1, -0.05) is 45.6 Å². The molecule has 1 aromatic carbocycles. The maximum atomic E-state index is 12.3.